The van der Waals surface area contributed by atoms with E-state index in [2.05, 4.69) is 53.1 Å². The van der Waals surface area contributed by atoms with Gasteiger partial charge in [-0.1, -0.05) is 66.2 Å². The molecule has 0 bridgehead atoms. The Morgan fingerprint density at radius 3 is 2.38 bits per heavy atom. The van der Waals surface area contributed by atoms with E-state index in [4.69, 9.17) is 16.6 Å². The van der Waals surface area contributed by atoms with Crippen molar-refractivity contribution in [3.05, 3.63) is 101 Å². The summed E-state index contributed by atoms with van der Waals surface area (Å²) < 4.78 is 2.29. The van der Waals surface area contributed by atoms with Crippen LogP contribution in [0.15, 0.2) is 78.9 Å². The van der Waals surface area contributed by atoms with Crippen molar-refractivity contribution in [1.82, 2.24) is 9.55 Å². The molecule has 0 fully saturated rings. The van der Waals surface area contributed by atoms with Gasteiger partial charge in [0.25, 0.3) is 0 Å². The third-order valence-corrected chi connectivity index (χ3v) is 4.40. The smallest absolute Gasteiger partial charge is 0.114 e. The molecule has 0 aliphatic heterocycles. The normalized spacial score (nSPS) is 11.0. The van der Waals surface area contributed by atoms with E-state index in [0.29, 0.717) is 0 Å². The Morgan fingerprint density at radius 1 is 0.792 bits per heavy atom. The molecule has 118 valence electrons. The lowest BCUT2D eigenvalue weighted by Crippen LogP contribution is -2.06. The first kappa shape index (κ1) is 15.0. The first-order valence-electron chi connectivity index (χ1n) is 8.02. The fraction of sp³-hybridized carbons (Fsp3) is 0.0952. The maximum atomic E-state index is 6.15. The van der Waals surface area contributed by atoms with E-state index < -0.39 is 0 Å². The highest BCUT2D eigenvalue weighted by Crippen LogP contribution is 2.21. The molecule has 4 rings (SSSR count). The minimum Gasteiger partial charge on any atom is -0.323 e. The summed E-state index contributed by atoms with van der Waals surface area (Å²) in [6.45, 7) is 0.767. The summed E-state index contributed by atoms with van der Waals surface area (Å²) >= 11 is 6.15. The second-order valence-electron chi connectivity index (χ2n) is 5.90. The van der Waals surface area contributed by atoms with Crippen molar-refractivity contribution in [2.24, 2.45) is 0 Å². The van der Waals surface area contributed by atoms with E-state index in [1.54, 1.807) is 0 Å². The molecule has 3 heteroatoms. The van der Waals surface area contributed by atoms with Crippen LogP contribution in [0.2, 0.25) is 5.02 Å². The monoisotopic (exact) mass is 332 g/mol. The van der Waals surface area contributed by atoms with Crippen molar-refractivity contribution in [3.8, 4) is 0 Å². The van der Waals surface area contributed by atoms with E-state index in [9.17, 15) is 0 Å². The zero-order valence-corrected chi connectivity index (χ0v) is 13.9. The topological polar surface area (TPSA) is 17.8 Å². The lowest BCUT2D eigenvalue weighted by atomic mass is 10.1. The van der Waals surface area contributed by atoms with Crippen LogP contribution in [0.1, 0.15) is 17.0 Å². The van der Waals surface area contributed by atoms with Gasteiger partial charge in [-0.05, 0) is 35.4 Å². The van der Waals surface area contributed by atoms with Gasteiger partial charge in [-0.2, -0.15) is 0 Å². The zero-order valence-electron chi connectivity index (χ0n) is 13.2. The number of benzene rings is 3. The van der Waals surface area contributed by atoms with Crippen LogP contribution in [0, 0.1) is 0 Å². The van der Waals surface area contributed by atoms with Crippen LogP contribution in [0.25, 0.3) is 11.0 Å². The maximum absolute atomic E-state index is 6.15. The summed E-state index contributed by atoms with van der Waals surface area (Å²) in [5.41, 5.74) is 4.63. The number of aromatic nitrogens is 2. The van der Waals surface area contributed by atoms with Gasteiger partial charge in [-0.25, -0.2) is 4.98 Å². The highest BCUT2D eigenvalue weighted by molar-refractivity contribution is 6.30. The fourth-order valence-electron chi connectivity index (χ4n) is 3.03. The first-order chi connectivity index (χ1) is 11.8. The van der Waals surface area contributed by atoms with Crippen molar-refractivity contribution in [2.45, 2.75) is 13.0 Å². The summed E-state index contributed by atoms with van der Waals surface area (Å²) in [4.78, 5) is 4.86. The highest BCUT2D eigenvalue weighted by atomic mass is 35.5. The highest BCUT2D eigenvalue weighted by Gasteiger charge is 2.11. The SMILES string of the molecule is Clc1cccc(Cn2c(Cc3ccccc3)nc3ccccc32)c1. The standard InChI is InChI=1S/C21H17ClN2/c22-18-10-6-9-17(13-18)15-24-20-12-5-4-11-19(20)23-21(24)14-16-7-2-1-3-8-16/h1-13H,14-15H2. The predicted molar refractivity (Wildman–Crippen MR) is 99.5 cm³/mol. The van der Waals surface area contributed by atoms with Gasteiger partial charge in [0.1, 0.15) is 5.82 Å². The number of halogens is 1. The van der Waals surface area contributed by atoms with Crippen molar-refractivity contribution < 1.29 is 0 Å². The minimum absolute atomic E-state index is 0.765. The van der Waals surface area contributed by atoms with Crippen molar-refractivity contribution in [2.75, 3.05) is 0 Å². The molecular weight excluding hydrogens is 316 g/mol. The van der Waals surface area contributed by atoms with Crippen LogP contribution in [-0.4, -0.2) is 9.55 Å². The Bertz CT molecular complexity index is 973. The molecule has 0 saturated heterocycles. The van der Waals surface area contributed by atoms with Crippen LogP contribution in [0.3, 0.4) is 0 Å². The third kappa shape index (κ3) is 3.06. The summed E-state index contributed by atoms with van der Waals surface area (Å²) in [5.74, 6) is 1.07. The van der Waals surface area contributed by atoms with Gasteiger partial charge in [-0.15, -0.1) is 0 Å². The Kier molecular flexibility index (Phi) is 4.06. The van der Waals surface area contributed by atoms with Gasteiger partial charge in [-0.3, -0.25) is 0 Å². The van der Waals surface area contributed by atoms with Gasteiger partial charge >= 0.3 is 0 Å². The molecule has 0 aliphatic rings. The average Bonchev–Trinajstić information content (AvgIpc) is 2.93. The van der Waals surface area contributed by atoms with E-state index in [0.717, 1.165) is 34.8 Å². The van der Waals surface area contributed by atoms with E-state index in [1.165, 1.54) is 11.1 Å². The molecule has 0 unspecified atom stereocenters. The number of hydrogen-bond donors (Lipinski definition) is 0. The van der Waals surface area contributed by atoms with Crippen LogP contribution in [0.5, 0.6) is 0 Å². The van der Waals surface area contributed by atoms with Gasteiger partial charge in [0.05, 0.1) is 11.0 Å². The third-order valence-electron chi connectivity index (χ3n) is 4.17. The Balaban J connectivity index is 1.78. The molecule has 0 aliphatic carbocycles. The molecule has 0 N–H and O–H groups in total. The van der Waals surface area contributed by atoms with Crippen LogP contribution in [0.4, 0.5) is 0 Å². The van der Waals surface area contributed by atoms with Crippen molar-refractivity contribution in [3.63, 3.8) is 0 Å². The van der Waals surface area contributed by atoms with Crippen LogP contribution >= 0.6 is 11.6 Å². The zero-order chi connectivity index (χ0) is 16.4. The van der Waals surface area contributed by atoms with E-state index >= 15 is 0 Å². The Hall–Kier alpha value is -2.58. The summed E-state index contributed by atoms with van der Waals surface area (Å²) in [5, 5.41) is 0.765. The molecule has 1 heterocycles. The predicted octanol–water partition coefficient (Wildman–Crippen LogP) is 5.33. The summed E-state index contributed by atoms with van der Waals surface area (Å²) in [6, 6.07) is 26.8. The van der Waals surface area contributed by atoms with Crippen molar-refractivity contribution in [1.29, 1.82) is 0 Å². The lowest BCUT2D eigenvalue weighted by Gasteiger charge is -2.10. The van der Waals surface area contributed by atoms with E-state index in [-0.39, 0.29) is 0 Å². The average molecular weight is 333 g/mol. The van der Waals surface area contributed by atoms with Crippen LogP contribution < -0.4 is 0 Å². The molecule has 4 aromatic rings. The molecular formula is C21H17ClN2. The quantitative estimate of drug-likeness (QED) is 0.494. The van der Waals surface area contributed by atoms with Gasteiger partial charge in [0.2, 0.25) is 0 Å². The van der Waals surface area contributed by atoms with Gasteiger partial charge in [0, 0.05) is 18.0 Å². The number of hydrogen-bond acceptors (Lipinski definition) is 1. The second-order valence-corrected chi connectivity index (χ2v) is 6.33. The molecule has 0 spiro atoms. The molecule has 0 atom stereocenters. The minimum atomic E-state index is 0.765. The van der Waals surface area contributed by atoms with Crippen LogP contribution in [-0.2, 0) is 13.0 Å². The van der Waals surface area contributed by atoms with Crippen molar-refractivity contribution >= 4 is 22.6 Å². The maximum Gasteiger partial charge on any atom is 0.114 e. The molecule has 0 saturated carbocycles. The molecule has 0 radical (unpaired) electrons. The number of rotatable bonds is 4. The number of imidazole rings is 1. The number of nitrogens with zero attached hydrogens (tertiary/aromatic N) is 2. The molecule has 1 aromatic heterocycles. The largest absolute Gasteiger partial charge is 0.323 e. The summed E-state index contributed by atoms with van der Waals surface area (Å²) in [7, 11) is 0. The van der Waals surface area contributed by atoms with Gasteiger partial charge < -0.3 is 4.57 Å². The molecule has 24 heavy (non-hydrogen) atoms. The molecule has 0 amide bonds. The number of para-hydroxylation sites is 2. The Labute approximate surface area is 146 Å². The fourth-order valence-corrected chi connectivity index (χ4v) is 3.25. The molecule has 2 nitrogen and oxygen atoms in total. The first-order valence-corrected chi connectivity index (χ1v) is 8.40. The number of fused-ring (bicyclic) bond motifs is 1. The van der Waals surface area contributed by atoms with Gasteiger partial charge in [0.15, 0.2) is 0 Å². The second kappa shape index (κ2) is 6.50. The summed E-state index contributed by atoms with van der Waals surface area (Å²) in [6.07, 6.45) is 0.816. The molecule has 3 aromatic carbocycles. The Morgan fingerprint density at radius 2 is 1.54 bits per heavy atom. The lowest BCUT2D eigenvalue weighted by molar-refractivity contribution is 0.762. The van der Waals surface area contributed by atoms with E-state index in [1.807, 2.05) is 30.3 Å².